The second kappa shape index (κ2) is 5.39. The summed E-state index contributed by atoms with van der Waals surface area (Å²) in [5, 5.41) is 0.731. The average molecular weight is 291 g/mol. The number of aromatic amines is 1. The highest BCUT2D eigenvalue weighted by Crippen LogP contribution is 2.28. The second-order valence-electron chi connectivity index (χ2n) is 3.01. The Morgan fingerprint density at radius 2 is 2.00 bits per heavy atom. The third kappa shape index (κ3) is 2.40. The molecule has 2 rings (SSSR count). The van der Waals surface area contributed by atoms with Gasteiger partial charge >= 0.3 is 0 Å². The van der Waals surface area contributed by atoms with Gasteiger partial charge in [-0.25, -0.2) is 13.8 Å². The van der Waals surface area contributed by atoms with Gasteiger partial charge in [-0.3, -0.25) is 0 Å². The van der Waals surface area contributed by atoms with Crippen LogP contribution in [-0.4, -0.2) is 9.97 Å². The monoisotopic (exact) mass is 290 g/mol. The van der Waals surface area contributed by atoms with Crippen molar-refractivity contribution in [3.8, 4) is 0 Å². The maximum atomic E-state index is 12.5. The number of fused-ring (bicyclic) bond motifs is 1. The minimum Gasteiger partial charge on any atom is -0.338 e. The molecule has 0 saturated carbocycles. The van der Waals surface area contributed by atoms with Crippen LogP contribution in [0.2, 0.25) is 0 Å². The molecule has 0 unspecified atom stereocenters. The summed E-state index contributed by atoms with van der Waals surface area (Å²) < 4.78 is 25.8. The van der Waals surface area contributed by atoms with Gasteiger partial charge in [0.1, 0.15) is 5.65 Å². The average Bonchev–Trinajstić information content (AvgIpc) is 2.59. The van der Waals surface area contributed by atoms with Crippen molar-refractivity contribution in [3.05, 3.63) is 28.0 Å². The van der Waals surface area contributed by atoms with Crippen LogP contribution in [0, 0.1) is 6.92 Å². The highest BCUT2D eigenvalue weighted by atomic mass is 79.9. The zero-order valence-corrected chi connectivity index (χ0v) is 10.9. The van der Waals surface area contributed by atoms with Crippen LogP contribution in [0.5, 0.6) is 0 Å². The minimum atomic E-state index is -2.48. The Morgan fingerprint density at radius 1 is 1.38 bits per heavy atom. The van der Waals surface area contributed by atoms with Crippen molar-refractivity contribution < 1.29 is 8.78 Å². The van der Waals surface area contributed by atoms with Crippen LogP contribution in [0.3, 0.4) is 0 Å². The Kier molecular flexibility index (Phi) is 4.41. The van der Waals surface area contributed by atoms with E-state index in [-0.39, 0.29) is 5.69 Å². The molecule has 2 heterocycles. The summed E-state index contributed by atoms with van der Waals surface area (Å²) in [6.45, 7) is 5.66. The Labute approximate surface area is 101 Å². The number of hydrogen-bond acceptors (Lipinski definition) is 1. The molecule has 0 aliphatic rings. The quantitative estimate of drug-likeness (QED) is 0.817. The Hall–Kier alpha value is -0.970. The van der Waals surface area contributed by atoms with E-state index in [0.717, 1.165) is 9.86 Å². The second-order valence-corrected chi connectivity index (χ2v) is 3.93. The topological polar surface area (TPSA) is 28.7 Å². The van der Waals surface area contributed by atoms with E-state index in [1.807, 2.05) is 13.8 Å². The van der Waals surface area contributed by atoms with E-state index in [2.05, 4.69) is 25.9 Å². The molecule has 0 radical (unpaired) electrons. The van der Waals surface area contributed by atoms with Crippen molar-refractivity contribution in [2.75, 3.05) is 0 Å². The summed E-state index contributed by atoms with van der Waals surface area (Å²) in [6, 6.07) is 1.78. The minimum absolute atomic E-state index is 0.0504. The highest BCUT2D eigenvalue weighted by Gasteiger charge is 2.16. The van der Waals surface area contributed by atoms with Gasteiger partial charge < -0.3 is 4.98 Å². The maximum Gasteiger partial charge on any atom is 0.278 e. The smallest absolute Gasteiger partial charge is 0.278 e. The lowest BCUT2D eigenvalue weighted by Gasteiger charge is -1.95. The number of H-pyrrole nitrogens is 1. The van der Waals surface area contributed by atoms with E-state index in [1.54, 1.807) is 19.2 Å². The summed E-state index contributed by atoms with van der Waals surface area (Å²) in [5.74, 6) is 0. The molecule has 1 N–H and O–H groups in total. The predicted octanol–water partition coefficient (Wildman–Crippen LogP) is 4.60. The molecular formula is C11H13BrF2N2. The third-order valence-corrected chi connectivity index (χ3v) is 2.57. The SMILES string of the molecule is CC.Cc1c(C(F)F)[nH]c2ncc(Br)cc12. The number of aromatic nitrogens is 2. The van der Waals surface area contributed by atoms with E-state index in [1.165, 1.54) is 0 Å². The normalized spacial score (nSPS) is 10.4. The molecule has 5 heteroatoms. The van der Waals surface area contributed by atoms with Crippen molar-refractivity contribution in [1.82, 2.24) is 9.97 Å². The molecule has 0 amide bonds. The first-order valence-electron chi connectivity index (χ1n) is 5.01. The first-order valence-corrected chi connectivity index (χ1v) is 5.80. The van der Waals surface area contributed by atoms with Crippen molar-refractivity contribution in [1.29, 1.82) is 0 Å². The van der Waals surface area contributed by atoms with Gasteiger partial charge in [0.05, 0.1) is 5.69 Å². The lowest BCUT2D eigenvalue weighted by molar-refractivity contribution is 0.146. The molecule has 0 fully saturated rings. The van der Waals surface area contributed by atoms with Crippen LogP contribution in [0.25, 0.3) is 11.0 Å². The zero-order valence-electron chi connectivity index (χ0n) is 9.31. The standard InChI is InChI=1S/C9H7BrF2N2.C2H6/c1-4-6-2-5(10)3-13-9(6)14-7(4)8(11)12;1-2/h2-3,8H,1H3,(H,13,14);1-2H3. The molecule has 0 bridgehead atoms. The van der Waals surface area contributed by atoms with Crippen LogP contribution in [0.15, 0.2) is 16.7 Å². The van der Waals surface area contributed by atoms with Crippen LogP contribution >= 0.6 is 15.9 Å². The van der Waals surface area contributed by atoms with Gasteiger partial charge in [0.25, 0.3) is 6.43 Å². The fourth-order valence-corrected chi connectivity index (χ4v) is 1.74. The highest BCUT2D eigenvalue weighted by molar-refractivity contribution is 9.10. The van der Waals surface area contributed by atoms with E-state index in [4.69, 9.17) is 0 Å². The molecular weight excluding hydrogens is 278 g/mol. The summed E-state index contributed by atoms with van der Waals surface area (Å²) in [5.41, 5.74) is 1.01. The molecule has 2 aromatic rings. The maximum absolute atomic E-state index is 12.5. The summed E-state index contributed by atoms with van der Waals surface area (Å²) in [7, 11) is 0. The Bertz CT molecular complexity index is 480. The summed E-state index contributed by atoms with van der Waals surface area (Å²) in [6.07, 6.45) is -0.906. The van der Waals surface area contributed by atoms with Gasteiger partial charge in [0, 0.05) is 16.1 Å². The van der Waals surface area contributed by atoms with E-state index < -0.39 is 6.43 Å². The van der Waals surface area contributed by atoms with E-state index in [0.29, 0.717) is 11.2 Å². The lowest BCUT2D eigenvalue weighted by atomic mass is 10.2. The third-order valence-electron chi connectivity index (χ3n) is 2.13. The lowest BCUT2D eigenvalue weighted by Crippen LogP contribution is -1.85. The van der Waals surface area contributed by atoms with Crippen molar-refractivity contribution in [2.45, 2.75) is 27.2 Å². The number of hydrogen-bond donors (Lipinski definition) is 1. The van der Waals surface area contributed by atoms with E-state index >= 15 is 0 Å². The van der Waals surface area contributed by atoms with Gasteiger partial charge in [-0.1, -0.05) is 13.8 Å². The fraction of sp³-hybridized carbons (Fsp3) is 0.364. The fourth-order valence-electron chi connectivity index (χ4n) is 1.41. The van der Waals surface area contributed by atoms with Gasteiger partial charge in [-0.2, -0.15) is 0 Å². The Balaban J connectivity index is 0.000000606. The number of nitrogens with zero attached hydrogens (tertiary/aromatic N) is 1. The Morgan fingerprint density at radius 3 is 2.56 bits per heavy atom. The molecule has 0 atom stereocenters. The number of alkyl halides is 2. The van der Waals surface area contributed by atoms with E-state index in [9.17, 15) is 8.78 Å². The molecule has 0 spiro atoms. The largest absolute Gasteiger partial charge is 0.338 e. The van der Waals surface area contributed by atoms with Crippen molar-refractivity contribution in [2.24, 2.45) is 0 Å². The molecule has 88 valence electrons. The first kappa shape index (κ1) is 13.1. The molecule has 0 aliphatic heterocycles. The molecule has 0 aliphatic carbocycles. The van der Waals surface area contributed by atoms with Crippen LogP contribution in [0.1, 0.15) is 31.5 Å². The number of halogens is 3. The van der Waals surface area contributed by atoms with Gasteiger partial charge in [0.2, 0.25) is 0 Å². The van der Waals surface area contributed by atoms with Gasteiger partial charge in [-0.05, 0) is 34.5 Å². The number of pyridine rings is 1. The van der Waals surface area contributed by atoms with Gasteiger partial charge in [0.15, 0.2) is 0 Å². The number of aryl methyl sites for hydroxylation is 1. The number of nitrogens with one attached hydrogen (secondary N) is 1. The summed E-state index contributed by atoms with van der Waals surface area (Å²) >= 11 is 3.25. The van der Waals surface area contributed by atoms with Crippen molar-refractivity contribution >= 4 is 27.0 Å². The molecule has 0 saturated heterocycles. The van der Waals surface area contributed by atoms with Crippen LogP contribution < -0.4 is 0 Å². The van der Waals surface area contributed by atoms with Gasteiger partial charge in [-0.15, -0.1) is 0 Å². The predicted molar refractivity (Wildman–Crippen MR) is 64.8 cm³/mol. The van der Waals surface area contributed by atoms with Crippen LogP contribution in [0.4, 0.5) is 8.78 Å². The number of rotatable bonds is 1. The molecule has 2 aromatic heterocycles. The molecule has 2 nitrogen and oxygen atoms in total. The van der Waals surface area contributed by atoms with Crippen LogP contribution in [-0.2, 0) is 0 Å². The molecule has 0 aromatic carbocycles. The zero-order chi connectivity index (χ0) is 12.3. The molecule has 16 heavy (non-hydrogen) atoms. The van der Waals surface area contributed by atoms with Crippen molar-refractivity contribution in [3.63, 3.8) is 0 Å². The first-order chi connectivity index (χ1) is 7.59. The summed E-state index contributed by atoms with van der Waals surface area (Å²) in [4.78, 5) is 6.62.